The number of hydrogen-bond donors (Lipinski definition) is 1. The molecule has 0 aliphatic carbocycles. The van der Waals surface area contributed by atoms with Gasteiger partial charge in [-0.2, -0.15) is 0 Å². The smallest absolute Gasteiger partial charge is 0.0471 e. The van der Waals surface area contributed by atoms with Gasteiger partial charge < -0.3 is 10.1 Å². The van der Waals surface area contributed by atoms with Gasteiger partial charge in [-0.05, 0) is 18.3 Å². The summed E-state index contributed by atoms with van der Waals surface area (Å²) in [5.74, 6) is 2.63. The van der Waals surface area contributed by atoms with Crippen LogP contribution in [0, 0.1) is 17.8 Å². The minimum atomic E-state index is 0.423. The predicted octanol–water partition coefficient (Wildman–Crippen LogP) is 1.42. The molecule has 1 fully saturated rings. The molecule has 0 spiro atoms. The van der Waals surface area contributed by atoms with Crippen LogP contribution in [0.2, 0.25) is 0 Å². The molecule has 1 N–H and O–H groups in total. The summed E-state index contributed by atoms with van der Waals surface area (Å²) in [6.07, 6.45) is 8.32. The molecule has 1 saturated heterocycles. The molecule has 0 radical (unpaired) electrons. The summed E-state index contributed by atoms with van der Waals surface area (Å²) in [4.78, 5) is 0. The molecule has 0 atom stereocenters. The van der Waals surface area contributed by atoms with Crippen LogP contribution in [0.4, 0.5) is 0 Å². The Labute approximate surface area is 81.0 Å². The first-order chi connectivity index (χ1) is 6.27. The van der Waals surface area contributed by atoms with Crippen LogP contribution in [0.25, 0.3) is 0 Å². The van der Waals surface area contributed by atoms with Crippen molar-refractivity contribution in [1.82, 2.24) is 5.32 Å². The predicted molar refractivity (Wildman–Crippen MR) is 54.5 cm³/mol. The van der Waals surface area contributed by atoms with Crippen molar-refractivity contribution in [3.63, 3.8) is 0 Å². The zero-order chi connectivity index (χ0) is 9.57. The Morgan fingerprint density at radius 2 is 2.15 bits per heavy atom. The van der Waals surface area contributed by atoms with Crippen molar-refractivity contribution in [2.24, 2.45) is 5.41 Å². The SMILES string of the molecule is C#CCCNCC1(C)CCOCC1. The highest BCUT2D eigenvalue weighted by atomic mass is 16.5. The molecule has 0 aromatic carbocycles. The average Bonchev–Trinajstić information content (AvgIpc) is 2.14. The fourth-order valence-electron chi connectivity index (χ4n) is 1.59. The van der Waals surface area contributed by atoms with Crippen LogP contribution in [-0.4, -0.2) is 26.3 Å². The highest BCUT2D eigenvalue weighted by Crippen LogP contribution is 2.28. The molecule has 2 heteroatoms. The second-order valence-corrected chi connectivity index (χ2v) is 4.05. The van der Waals surface area contributed by atoms with E-state index in [0.717, 1.165) is 45.6 Å². The fraction of sp³-hybridized carbons (Fsp3) is 0.818. The lowest BCUT2D eigenvalue weighted by atomic mass is 9.82. The normalized spacial score (nSPS) is 20.9. The minimum absolute atomic E-state index is 0.423. The maximum Gasteiger partial charge on any atom is 0.0471 e. The molecule has 0 aromatic rings. The Bertz CT molecular complexity index is 177. The molecule has 0 amide bonds. The number of ether oxygens (including phenoxy) is 1. The Hall–Kier alpha value is -0.520. The number of terminal acetylenes is 1. The summed E-state index contributed by atoms with van der Waals surface area (Å²) in [5.41, 5.74) is 0.423. The van der Waals surface area contributed by atoms with Gasteiger partial charge in [-0.3, -0.25) is 0 Å². The largest absolute Gasteiger partial charge is 0.381 e. The van der Waals surface area contributed by atoms with Gasteiger partial charge in [0, 0.05) is 32.7 Å². The highest BCUT2D eigenvalue weighted by molar-refractivity contribution is 4.85. The quantitative estimate of drug-likeness (QED) is 0.523. The van der Waals surface area contributed by atoms with E-state index < -0.39 is 0 Å². The molecule has 0 unspecified atom stereocenters. The van der Waals surface area contributed by atoms with Crippen molar-refractivity contribution in [2.75, 3.05) is 26.3 Å². The van der Waals surface area contributed by atoms with Gasteiger partial charge in [-0.25, -0.2) is 0 Å². The van der Waals surface area contributed by atoms with Crippen LogP contribution in [0.1, 0.15) is 26.2 Å². The Morgan fingerprint density at radius 3 is 2.77 bits per heavy atom. The van der Waals surface area contributed by atoms with E-state index in [0.29, 0.717) is 5.41 Å². The minimum Gasteiger partial charge on any atom is -0.381 e. The lowest BCUT2D eigenvalue weighted by Gasteiger charge is -2.33. The third-order valence-corrected chi connectivity index (χ3v) is 2.70. The summed E-state index contributed by atoms with van der Waals surface area (Å²) < 4.78 is 5.33. The second-order valence-electron chi connectivity index (χ2n) is 4.05. The van der Waals surface area contributed by atoms with Crippen LogP contribution in [0.3, 0.4) is 0 Å². The van der Waals surface area contributed by atoms with Crippen LogP contribution < -0.4 is 5.32 Å². The summed E-state index contributed by atoms with van der Waals surface area (Å²) >= 11 is 0. The fourth-order valence-corrected chi connectivity index (χ4v) is 1.59. The zero-order valence-electron chi connectivity index (χ0n) is 8.44. The lowest BCUT2D eigenvalue weighted by Crippen LogP contribution is -2.37. The van der Waals surface area contributed by atoms with E-state index in [1.54, 1.807) is 0 Å². The molecule has 2 nitrogen and oxygen atoms in total. The average molecular weight is 181 g/mol. The first-order valence-corrected chi connectivity index (χ1v) is 4.99. The lowest BCUT2D eigenvalue weighted by molar-refractivity contribution is 0.0243. The molecule has 1 aliphatic heterocycles. The van der Waals surface area contributed by atoms with Gasteiger partial charge >= 0.3 is 0 Å². The van der Waals surface area contributed by atoms with E-state index >= 15 is 0 Å². The number of rotatable bonds is 4. The molecule has 0 aromatic heterocycles. The first-order valence-electron chi connectivity index (χ1n) is 4.99. The van der Waals surface area contributed by atoms with Gasteiger partial charge in [0.1, 0.15) is 0 Å². The van der Waals surface area contributed by atoms with Gasteiger partial charge in [-0.1, -0.05) is 6.92 Å². The van der Waals surface area contributed by atoms with Crippen molar-refractivity contribution in [1.29, 1.82) is 0 Å². The van der Waals surface area contributed by atoms with E-state index in [4.69, 9.17) is 11.2 Å². The third-order valence-electron chi connectivity index (χ3n) is 2.70. The second kappa shape index (κ2) is 5.26. The summed E-state index contributed by atoms with van der Waals surface area (Å²) in [5, 5.41) is 3.40. The van der Waals surface area contributed by atoms with E-state index in [9.17, 15) is 0 Å². The molecule has 1 heterocycles. The molecule has 74 valence electrons. The molecular weight excluding hydrogens is 162 g/mol. The van der Waals surface area contributed by atoms with Crippen LogP contribution >= 0.6 is 0 Å². The Kier molecular flexibility index (Phi) is 4.27. The van der Waals surface area contributed by atoms with Gasteiger partial charge in [0.15, 0.2) is 0 Å². The van der Waals surface area contributed by atoms with E-state index in [1.165, 1.54) is 0 Å². The van der Waals surface area contributed by atoms with E-state index in [1.807, 2.05) is 0 Å². The van der Waals surface area contributed by atoms with Gasteiger partial charge in [0.2, 0.25) is 0 Å². The standard InChI is InChI=1S/C11H19NO/c1-3-4-7-12-10-11(2)5-8-13-9-6-11/h1,12H,4-10H2,2H3. The molecule has 0 saturated carbocycles. The highest BCUT2D eigenvalue weighted by Gasteiger charge is 2.26. The maximum atomic E-state index is 5.33. The molecular formula is C11H19NO. The number of hydrogen-bond acceptors (Lipinski definition) is 2. The molecule has 1 aliphatic rings. The summed E-state index contributed by atoms with van der Waals surface area (Å²) in [6, 6.07) is 0. The zero-order valence-corrected chi connectivity index (χ0v) is 8.44. The van der Waals surface area contributed by atoms with Crippen molar-refractivity contribution >= 4 is 0 Å². The van der Waals surface area contributed by atoms with Gasteiger partial charge in [-0.15, -0.1) is 12.3 Å². The van der Waals surface area contributed by atoms with Gasteiger partial charge in [0.05, 0.1) is 0 Å². The summed E-state index contributed by atoms with van der Waals surface area (Å²) in [7, 11) is 0. The van der Waals surface area contributed by atoms with Crippen LogP contribution in [0.5, 0.6) is 0 Å². The Morgan fingerprint density at radius 1 is 1.46 bits per heavy atom. The maximum absolute atomic E-state index is 5.33. The van der Waals surface area contributed by atoms with Crippen molar-refractivity contribution in [2.45, 2.75) is 26.2 Å². The Balaban J connectivity index is 2.14. The third kappa shape index (κ3) is 3.80. The number of nitrogens with one attached hydrogen (secondary N) is 1. The van der Waals surface area contributed by atoms with Crippen molar-refractivity contribution in [3.8, 4) is 12.3 Å². The van der Waals surface area contributed by atoms with E-state index in [2.05, 4.69) is 18.2 Å². The molecule has 1 rings (SSSR count). The van der Waals surface area contributed by atoms with E-state index in [-0.39, 0.29) is 0 Å². The summed E-state index contributed by atoms with van der Waals surface area (Å²) in [6.45, 7) is 6.14. The first kappa shape index (κ1) is 10.6. The van der Waals surface area contributed by atoms with Crippen molar-refractivity contribution in [3.05, 3.63) is 0 Å². The van der Waals surface area contributed by atoms with Crippen LogP contribution in [-0.2, 0) is 4.74 Å². The molecule has 0 bridgehead atoms. The van der Waals surface area contributed by atoms with Gasteiger partial charge in [0.25, 0.3) is 0 Å². The molecule has 13 heavy (non-hydrogen) atoms. The van der Waals surface area contributed by atoms with Crippen LogP contribution in [0.15, 0.2) is 0 Å². The topological polar surface area (TPSA) is 21.3 Å². The van der Waals surface area contributed by atoms with Crippen molar-refractivity contribution < 1.29 is 4.74 Å². The monoisotopic (exact) mass is 181 g/mol.